The van der Waals surface area contributed by atoms with Crippen molar-refractivity contribution in [2.75, 3.05) is 17.7 Å². The number of nitrogens with zero attached hydrogens (tertiary/aromatic N) is 4. The van der Waals surface area contributed by atoms with Crippen molar-refractivity contribution in [1.82, 2.24) is 19.3 Å². The lowest BCUT2D eigenvalue weighted by Gasteiger charge is -2.30. The molecule has 1 amide bonds. The molecule has 2 aliphatic rings. The molecule has 1 unspecified atom stereocenters. The molecule has 1 atom stereocenters. The molecule has 0 radical (unpaired) electrons. The summed E-state index contributed by atoms with van der Waals surface area (Å²) in [6.45, 7) is 3.44. The third kappa shape index (κ3) is 5.57. The number of nitrogen functional groups attached to an aromatic ring is 1. The normalized spacial score (nSPS) is 16.1. The van der Waals surface area contributed by atoms with Crippen LogP contribution in [0.15, 0.2) is 55.1 Å². The maximum atomic E-state index is 12.3. The number of ether oxygens (including phenoxy) is 2. The van der Waals surface area contributed by atoms with E-state index in [1.165, 1.54) is 6.42 Å². The van der Waals surface area contributed by atoms with E-state index in [9.17, 15) is 4.79 Å². The molecular weight excluding hydrogens is 492 g/mol. The summed E-state index contributed by atoms with van der Waals surface area (Å²) in [5.41, 5.74) is 11.4. The second-order valence-corrected chi connectivity index (χ2v) is 10.8. The van der Waals surface area contributed by atoms with Gasteiger partial charge in [0.2, 0.25) is 0 Å². The highest BCUT2D eigenvalue weighted by Gasteiger charge is 2.31. The Balaban J connectivity index is 1.18. The Morgan fingerprint density at radius 3 is 2.64 bits per heavy atom. The number of unbranched alkanes of at least 4 members (excludes halogenated alkanes) is 1. The number of hydrogen-bond acceptors (Lipinski definition) is 6. The van der Waals surface area contributed by atoms with Gasteiger partial charge in [0, 0.05) is 35.3 Å². The lowest BCUT2D eigenvalue weighted by molar-refractivity contribution is 0.108. The van der Waals surface area contributed by atoms with Gasteiger partial charge in [-0.3, -0.25) is 10.00 Å². The van der Waals surface area contributed by atoms with E-state index in [0.29, 0.717) is 24.3 Å². The number of hydrogen-bond donors (Lipinski definition) is 2. The molecule has 9 nitrogen and oxygen atoms in total. The first-order valence-electron chi connectivity index (χ1n) is 14.0. The van der Waals surface area contributed by atoms with Crippen LogP contribution < -0.4 is 15.8 Å². The number of fused-ring (bicyclic) bond motifs is 1. The van der Waals surface area contributed by atoms with Crippen LogP contribution in [-0.4, -0.2) is 38.1 Å². The van der Waals surface area contributed by atoms with Crippen LogP contribution in [0, 0.1) is 5.92 Å². The maximum Gasteiger partial charge on any atom is 0.411 e. The number of benzene rings is 2. The van der Waals surface area contributed by atoms with Crippen molar-refractivity contribution < 1.29 is 14.3 Å². The number of nitrogens with one attached hydrogen (secondary N) is 1. The van der Waals surface area contributed by atoms with Gasteiger partial charge in [-0.1, -0.05) is 12.1 Å². The highest BCUT2D eigenvalue weighted by Crippen LogP contribution is 2.45. The maximum absolute atomic E-state index is 12.3. The van der Waals surface area contributed by atoms with Gasteiger partial charge in [0.05, 0.1) is 23.5 Å². The summed E-state index contributed by atoms with van der Waals surface area (Å²) in [6, 6.07) is 14.5. The summed E-state index contributed by atoms with van der Waals surface area (Å²) in [5.74, 6) is 1.36. The Morgan fingerprint density at radius 2 is 1.95 bits per heavy atom. The summed E-state index contributed by atoms with van der Waals surface area (Å²) in [7, 11) is 0. The van der Waals surface area contributed by atoms with Gasteiger partial charge in [-0.05, 0) is 82.1 Å². The number of nitrogens with two attached hydrogens (primary N) is 1. The molecule has 6 rings (SSSR count). The van der Waals surface area contributed by atoms with Gasteiger partial charge in [-0.15, -0.1) is 0 Å². The zero-order chi connectivity index (χ0) is 26.8. The van der Waals surface area contributed by atoms with Crippen molar-refractivity contribution in [1.29, 1.82) is 0 Å². The number of carbonyl (C=O) groups is 1. The quantitative estimate of drug-likeness (QED) is 0.218. The molecule has 0 saturated heterocycles. The standard InChI is InChI=1S/C30H36N6O3/c1-20(21-7-8-21)39-30(37)34-23-11-9-22(10-12-23)29-28(31)26-14-13-25(17-27(26)36(29)24-5-4-6-24)38-16-3-2-15-35-19-32-18-33-35/h9-14,17-21,24H,2-8,15-16,31H2,1H3,(H,34,37). The van der Waals surface area contributed by atoms with E-state index >= 15 is 0 Å². The number of aromatic nitrogens is 4. The molecule has 39 heavy (non-hydrogen) atoms. The Labute approximate surface area is 228 Å². The molecular formula is C30H36N6O3. The summed E-state index contributed by atoms with van der Waals surface area (Å²) >= 11 is 0. The first-order chi connectivity index (χ1) is 19.1. The Kier molecular flexibility index (Phi) is 7.13. The van der Waals surface area contributed by atoms with Gasteiger partial charge < -0.3 is 19.8 Å². The largest absolute Gasteiger partial charge is 0.494 e. The van der Waals surface area contributed by atoms with Crippen LogP contribution in [0.4, 0.5) is 16.2 Å². The van der Waals surface area contributed by atoms with Gasteiger partial charge in [0.1, 0.15) is 24.5 Å². The monoisotopic (exact) mass is 528 g/mol. The lowest BCUT2D eigenvalue weighted by atomic mass is 9.92. The molecule has 2 heterocycles. The van der Waals surface area contributed by atoms with Gasteiger partial charge in [0.25, 0.3) is 0 Å². The predicted octanol–water partition coefficient (Wildman–Crippen LogP) is 6.41. The number of amides is 1. The van der Waals surface area contributed by atoms with Crippen LogP contribution in [-0.2, 0) is 11.3 Å². The minimum Gasteiger partial charge on any atom is -0.494 e. The first kappa shape index (κ1) is 25.3. The highest BCUT2D eigenvalue weighted by atomic mass is 16.6. The van der Waals surface area contributed by atoms with E-state index in [1.807, 2.05) is 41.9 Å². The Bertz CT molecular complexity index is 1420. The van der Waals surface area contributed by atoms with Gasteiger partial charge >= 0.3 is 6.09 Å². The molecule has 4 aromatic rings. The number of anilines is 2. The van der Waals surface area contributed by atoms with Crippen LogP contribution in [0.3, 0.4) is 0 Å². The van der Waals surface area contributed by atoms with Crippen molar-refractivity contribution in [3.05, 3.63) is 55.1 Å². The van der Waals surface area contributed by atoms with E-state index in [-0.39, 0.29) is 6.10 Å². The number of aryl methyl sites for hydroxylation is 1. The third-order valence-corrected chi connectivity index (χ3v) is 7.96. The Morgan fingerprint density at radius 1 is 1.13 bits per heavy atom. The third-order valence-electron chi connectivity index (χ3n) is 7.96. The minimum absolute atomic E-state index is 0.0456. The SMILES string of the molecule is CC(OC(=O)Nc1ccc(-c2c(N)c3ccc(OCCCCn4cncn4)cc3n2C2CCC2)cc1)C1CC1. The van der Waals surface area contributed by atoms with E-state index in [0.717, 1.165) is 78.7 Å². The van der Waals surface area contributed by atoms with Crippen LogP contribution >= 0.6 is 0 Å². The fourth-order valence-corrected chi connectivity index (χ4v) is 5.33. The molecule has 3 N–H and O–H groups in total. The fourth-order valence-electron chi connectivity index (χ4n) is 5.33. The second kappa shape index (κ2) is 11.0. The average Bonchev–Trinajstić information content (AvgIpc) is 3.56. The van der Waals surface area contributed by atoms with Crippen molar-refractivity contribution in [3.8, 4) is 17.0 Å². The van der Waals surface area contributed by atoms with E-state index in [2.05, 4.69) is 32.1 Å². The average molecular weight is 529 g/mol. The molecule has 0 spiro atoms. The molecule has 204 valence electrons. The topological polar surface area (TPSA) is 109 Å². The van der Waals surface area contributed by atoms with Crippen LogP contribution in [0.25, 0.3) is 22.2 Å². The Hall–Kier alpha value is -4.01. The van der Waals surface area contributed by atoms with Crippen LogP contribution in [0.1, 0.15) is 57.9 Å². The summed E-state index contributed by atoms with van der Waals surface area (Å²) in [4.78, 5) is 16.3. The summed E-state index contributed by atoms with van der Waals surface area (Å²) < 4.78 is 15.9. The van der Waals surface area contributed by atoms with Crippen molar-refractivity contribution in [2.45, 2.75) is 70.6 Å². The molecule has 2 aromatic carbocycles. The van der Waals surface area contributed by atoms with Crippen molar-refractivity contribution in [2.24, 2.45) is 5.92 Å². The van der Waals surface area contributed by atoms with Gasteiger partial charge in [-0.2, -0.15) is 5.10 Å². The first-order valence-corrected chi connectivity index (χ1v) is 14.0. The molecule has 2 aromatic heterocycles. The number of rotatable bonds is 11. The summed E-state index contributed by atoms with van der Waals surface area (Å²) in [5, 5.41) is 8.04. The molecule has 9 heteroatoms. The van der Waals surface area contributed by atoms with Crippen molar-refractivity contribution in [3.63, 3.8) is 0 Å². The van der Waals surface area contributed by atoms with E-state index < -0.39 is 6.09 Å². The molecule has 0 aliphatic heterocycles. The van der Waals surface area contributed by atoms with Crippen molar-refractivity contribution >= 4 is 28.4 Å². The van der Waals surface area contributed by atoms with Crippen LogP contribution in [0.5, 0.6) is 5.75 Å². The van der Waals surface area contributed by atoms with E-state index in [4.69, 9.17) is 15.2 Å². The zero-order valence-electron chi connectivity index (χ0n) is 22.4. The lowest BCUT2D eigenvalue weighted by Crippen LogP contribution is -2.21. The molecule has 2 aliphatic carbocycles. The zero-order valence-corrected chi connectivity index (χ0v) is 22.4. The molecule has 2 fully saturated rings. The van der Waals surface area contributed by atoms with Gasteiger partial charge in [0.15, 0.2) is 0 Å². The predicted molar refractivity (Wildman–Crippen MR) is 152 cm³/mol. The highest BCUT2D eigenvalue weighted by molar-refractivity contribution is 6.01. The van der Waals surface area contributed by atoms with Crippen LogP contribution in [0.2, 0.25) is 0 Å². The summed E-state index contributed by atoms with van der Waals surface area (Å²) in [6.07, 6.45) is 10.5. The second-order valence-electron chi connectivity index (χ2n) is 10.8. The molecule has 2 saturated carbocycles. The minimum atomic E-state index is -0.406. The smallest absolute Gasteiger partial charge is 0.411 e. The molecule has 0 bridgehead atoms. The number of carbonyl (C=O) groups excluding carboxylic acids is 1. The fraction of sp³-hybridized carbons (Fsp3) is 0.433. The van der Waals surface area contributed by atoms with Gasteiger partial charge in [-0.25, -0.2) is 9.78 Å². The van der Waals surface area contributed by atoms with E-state index in [1.54, 1.807) is 12.7 Å².